The zero-order valence-corrected chi connectivity index (χ0v) is 16.4. The summed E-state index contributed by atoms with van der Waals surface area (Å²) in [4.78, 5) is 16.7. The van der Waals surface area contributed by atoms with E-state index >= 15 is 0 Å². The number of halogens is 1. The molecule has 0 fully saturated rings. The lowest BCUT2D eigenvalue weighted by Gasteiger charge is -2.09. The van der Waals surface area contributed by atoms with E-state index in [2.05, 4.69) is 26.2 Å². The summed E-state index contributed by atoms with van der Waals surface area (Å²) >= 11 is 3.55. The molecule has 2 heterocycles. The fourth-order valence-corrected chi connectivity index (χ4v) is 3.14. The number of amides is 1. The molecule has 5 nitrogen and oxygen atoms in total. The summed E-state index contributed by atoms with van der Waals surface area (Å²) < 4.78 is 11.7. The van der Waals surface area contributed by atoms with Gasteiger partial charge in [0.25, 0.3) is 5.91 Å². The lowest BCUT2D eigenvalue weighted by molar-refractivity contribution is -0.112. The standard InChI is InChI=1S/C20H19BrN2O3/c1-4-5-14(12(2)3)20(24)23-19-7-6-13(10-22-19)15-8-17-18(9-16(15)21)26-11-25-17/h4-10H,11H2,1-3H3,(H,22,23,24)/b5-4-. The largest absolute Gasteiger partial charge is 0.454 e. The van der Waals surface area contributed by atoms with Crippen molar-refractivity contribution in [3.8, 4) is 22.6 Å². The molecule has 1 aromatic heterocycles. The van der Waals surface area contributed by atoms with Gasteiger partial charge in [-0.3, -0.25) is 4.79 Å². The third-order valence-electron chi connectivity index (χ3n) is 3.89. The molecule has 0 bridgehead atoms. The van der Waals surface area contributed by atoms with Crippen LogP contribution in [0.2, 0.25) is 0 Å². The van der Waals surface area contributed by atoms with E-state index in [1.807, 2.05) is 45.0 Å². The maximum Gasteiger partial charge on any atom is 0.256 e. The summed E-state index contributed by atoms with van der Waals surface area (Å²) in [7, 11) is 0. The molecule has 1 aliphatic heterocycles. The summed E-state index contributed by atoms with van der Waals surface area (Å²) in [6.45, 7) is 5.92. The molecule has 3 rings (SSSR count). The smallest absolute Gasteiger partial charge is 0.256 e. The van der Waals surface area contributed by atoms with Crippen LogP contribution in [0.4, 0.5) is 5.82 Å². The predicted octanol–water partition coefficient (Wildman–Crippen LogP) is 5.09. The third-order valence-corrected chi connectivity index (χ3v) is 4.55. The number of nitrogens with zero attached hydrogens (tertiary/aromatic N) is 1. The Kier molecular flexibility index (Phi) is 5.42. The molecule has 1 aromatic carbocycles. The lowest BCUT2D eigenvalue weighted by Crippen LogP contribution is -2.15. The van der Waals surface area contributed by atoms with Gasteiger partial charge in [0.15, 0.2) is 11.5 Å². The molecule has 0 aliphatic carbocycles. The Morgan fingerprint density at radius 1 is 1.23 bits per heavy atom. The predicted molar refractivity (Wildman–Crippen MR) is 105 cm³/mol. The number of benzene rings is 1. The van der Waals surface area contributed by atoms with Crippen LogP contribution in [0.25, 0.3) is 11.1 Å². The molecule has 0 spiro atoms. The number of allylic oxidation sites excluding steroid dienone is 2. The highest BCUT2D eigenvalue weighted by molar-refractivity contribution is 9.10. The zero-order chi connectivity index (χ0) is 18.7. The second-order valence-corrected chi connectivity index (χ2v) is 6.84. The van der Waals surface area contributed by atoms with Crippen LogP contribution in [0.1, 0.15) is 20.8 Å². The van der Waals surface area contributed by atoms with Gasteiger partial charge in [0.1, 0.15) is 5.82 Å². The van der Waals surface area contributed by atoms with Crippen LogP contribution < -0.4 is 14.8 Å². The molecular weight excluding hydrogens is 396 g/mol. The van der Waals surface area contributed by atoms with E-state index in [4.69, 9.17) is 9.47 Å². The number of carbonyl (C=O) groups is 1. The highest BCUT2D eigenvalue weighted by atomic mass is 79.9. The van der Waals surface area contributed by atoms with Crippen molar-refractivity contribution >= 4 is 27.7 Å². The Bertz CT molecular complexity index is 898. The highest BCUT2D eigenvalue weighted by Gasteiger charge is 2.17. The number of nitrogens with one attached hydrogen (secondary N) is 1. The number of hydrogen-bond donors (Lipinski definition) is 1. The van der Waals surface area contributed by atoms with Crippen LogP contribution >= 0.6 is 15.9 Å². The summed E-state index contributed by atoms with van der Waals surface area (Å²) in [6, 6.07) is 7.48. The fourth-order valence-electron chi connectivity index (χ4n) is 2.59. The first-order chi connectivity index (χ1) is 12.5. The van der Waals surface area contributed by atoms with Crippen LogP contribution in [-0.4, -0.2) is 17.7 Å². The van der Waals surface area contributed by atoms with Gasteiger partial charge in [-0.2, -0.15) is 0 Å². The van der Waals surface area contributed by atoms with Crippen molar-refractivity contribution in [2.45, 2.75) is 20.8 Å². The molecule has 134 valence electrons. The molecule has 0 atom stereocenters. The van der Waals surface area contributed by atoms with E-state index in [-0.39, 0.29) is 12.7 Å². The van der Waals surface area contributed by atoms with Gasteiger partial charge >= 0.3 is 0 Å². The minimum absolute atomic E-state index is 0.174. The van der Waals surface area contributed by atoms with Crippen molar-refractivity contribution < 1.29 is 14.3 Å². The van der Waals surface area contributed by atoms with Crippen LogP contribution in [0.15, 0.2) is 58.2 Å². The Morgan fingerprint density at radius 3 is 2.58 bits per heavy atom. The van der Waals surface area contributed by atoms with E-state index in [0.29, 0.717) is 17.1 Å². The summed E-state index contributed by atoms with van der Waals surface area (Å²) in [5.41, 5.74) is 3.43. The molecule has 1 aliphatic rings. The number of ether oxygens (including phenoxy) is 2. The van der Waals surface area contributed by atoms with Gasteiger partial charge in [0.05, 0.1) is 0 Å². The lowest BCUT2D eigenvalue weighted by atomic mass is 10.1. The minimum atomic E-state index is -0.174. The van der Waals surface area contributed by atoms with Crippen molar-refractivity contribution in [2.24, 2.45) is 0 Å². The van der Waals surface area contributed by atoms with Gasteiger partial charge in [0, 0.05) is 27.4 Å². The van der Waals surface area contributed by atoms with Crippen LogP contribution in [0, 0.1) is 0 Å². The second kappa shape index (κ2) is 7.74. The monoisotopic (exact) mass is 414 g/mol. The number of carbonyl (C=O) groups excluding carboxylic acids is 1. The van der Waals surface area contributed by atoms with Crippen molar-refractivity contribution in [3.05, 3.63) is 58.2 Å². The Balaban J connectivity index is 1.81. The third kappa shape index (κ3) is 3.80. The fraction of sp³-hybridized carbons (Fsp3) is 0.200. The maximum atomic E-state index is 12.4. The topological polar surface area (TPSA) is 60.5 Å². The second-order valence-electron chi connectivity index (χ2n) is 5.99. The van der Waals surface area contributed by atoms with Crippen molar-refractivity contribution in [1.29, 1.82) is 0 Å². The molecule has 1 amide bonds. The maximum absolute atomic E-state index is 12.4. The van der Waals surface area contributed by atoms with Gasteiger partial charge in [0.2, 0.25) is 6.79 Å². The van der Waals surface area contributed by atoms with E-state index in [1.165, 1.54) is 0 Å². The van der Waals surface area contributed by atoms with Crippen LogP contribution in [0.5, 0.6) is 11.5 Å². The summed E-state index contributed by atoms with van der Waals surface area (Å²) in [5.74, 6) is 1.75. The molecule has 0 unspecified atom stereocenters. The quantitative estimate of drug-likeness (QED) is 0.558. The molecule has 2 aromatic rings. The van der Waals surface area contributed by atoms with Gasteiger partial charge < -0.3 is 14.8 Å². The van der Waals surface area contributed by atoms with E-state index in [0.717, 1.165) is 26.9 Å². The average Bonchev–Trinajstić information content (AvgIpc) is 3.06. The Labute approximate surface area is 160 Å². The number of rotatable bonds is 4. The van der Waals surface area contributed by atoms with Gasteiger partial charge in [-0.25, -0.2) is 4.98 Å². The number of anilines is 1. The van der Waals surface area contributed by atoms with Crippen molar-refractivity contribution in [1.82, 2.24) is 4.98 Å². The molecule has 0 saturated carbocycles. The number of fused-ring (bicyclic) bond motifs is 1. The van der Waals surface area contributed by atoms with Gasteiger partial charge in [-0.15, -0.1) is 0 Å². The first-order valence-electron chi connectivity index (χ1n) is 8.16. The Morgan fingerprint density at radius 2 is 1.96 bits per heavy atom. The molecule has 6 heteroatoms. The van der Waals surface area contributed by atoms with E-state index < -0.39 is 0 Å². The minimum Gasteiger partial charge on any atom is -0.454 e. The van der Waals surface area contributed by atoms with Gasteiger partial charge in [-0.1, -0.05) is 33.7 Å². The van der Waals surface area contributed by atoms with Crippen molar-refractivity contribution in [3.63, 3.8) is 0 Å². The first kappa shape index (κ1) is 18.2. The number of aromatic nitrogens is 1. The molecule has 0 radical (unpaired) electrons. The molecule has 0 saturated heterocycles. The normalized spacial score (nSPS) is 12.3. The molecule has 26 heavy (non-hydrogen) atoms. The SMILES string of the molecule is C/C=C\C(C(=O)Nc1ccc(-c2cc3c(cc2Br)OCO3)cn1)=C(C)C. The molecular formula is C20H19BrN2O3. The molecule has 1 N–H and O–H groups in total. The summed E-state index contributed by atoms with van der Waals surface area (Å²) in [5, 5.41) is 2.83. The summed E-state index contributed by atoms with van der Waals surface area (Å²) in [6.07, 6.45) is 5.36. The number of hydrogen-bond acceptors (Lipinski definition) is 4. The van der Waals surface area contributed by atoms with Crippen molar-refractivity contribution in [2.75, 3.05) is 12.1 Å². The highest BCUT2D eigenvalue weighted by Crippen LogP contribution is 2.40. The van der Waals surface area contributed by atoms with Crippen LogP contribution in [0.3, 0.4) is 0 Å². The first-order valence-corrected chi connectivity index (χ1v) is 8.96. The zero-order valence-electron chi connectivity index (χ0n) is 14.8. The Hall–Kier alpha value is -2.60. The average molecular weight is 415 g/mol. The van der Waals surface area contributed by atoms with E-state index in [9.17, 15) is 4.79 Å². The van der Waals surface area contributed by atoms with E-state index in [1.54, 1.807) is 18.3 Å². The number of pyridine rings is 1. The van der Waals surface area contributed by atoms with Gasteiger partial charge in [-0.05, 0) is 45.0 Å². The van der Waals surface area contributed by atoms with Crippen LogP contribution in [-0.2, 0) is 4.79 Å².